The Hall–Kier alpha value is -3.52. The molecule has 8 heteroatoms. The van der Waals surface area contributed by atoms with Gasteiger partial charge >= 0.3 is 0 Å². The van der Waals surface area contributed by atoms with Gasteiger partial charge in [0.25, 0.3) is 5.56 Å². The van der Waals surface area contributed by atoms with Gasteiger partial charge in [0.1, 0.15) is 11.5 Å². The summed E-state index contributed by atoms with van der Waals surface area (Å²) in [7, 11) is 0. The maximum Gasteiger partial charge on any atom is 0.255 e. The minimum atomic E-state index is -0.234. The number of nitrogens with one attached hydrogen (secondary N) is 2. The number of aryl methyl sites for hydroxylation is 2. The summed E-state index contributed by atoms with van der Waals surface area (Å²) in [6, 6.07) is 13.5. The highest BCUT2D eigenvalue weighted by Gasteiger charge is 2.17. The van der Waals surface area contributed by atoms with Gasteiger partial charge < -0.3 is 5.32 Å². The van der Waals surface area contributed by atoms with Crippen LogP contribution in [0, 0.1) is 20.8 Å². The summed E-state index contributed by atoms with van der Waals surface area (Å²) >= 11 is 1.54. The molecule has 0 spiro atoms. The van der Waals surface area contributed by atoms with Gasteiger partial charge in [-0.2, -0.15) is 9.78 Å². The minimum absolute atomic E-state index is 0.175. The van der Waals surface area contributed by atoms with E-state index >= 15 is 0 Å². The maximum atomic E-state index is 12.7. The van der Waals surface area contributed by atoms with E-state index in [0.29, 0.717) is 22.8 Å². The van der Waals surface area contributed by atoms with Crippen molar-refractivity contribution in [1.82, 2.24) is 19.7 Å². The van der Waals surface area contributed by atoms with E-state index in [1.54, 1.807) is 31.3 Å². The third kappa shape index (κ3) is 4.08. The number of rotatable bonds is 5. The molecule has 0 radical (unpaired) electrons. The molecule has 0 aliphatic heterocycles. The summed E-state index contributed by atoms with van der Waals surface area (Å²) in [5, 5.41) is 9.46. The van der Waals surface area contributed by atoms with Gasteiger partial charge in [-0.1, -0.05) is 35.9 Å². The summed E-state index contributed by atoms with van der Waals surface area (Å²) in [5.74, 6) is 0.532. The predicted octanol–water partition coefficient (Wildman–Crippen LogP) is 3.79. The summed E-state index contributed by atoms with van der Waals surface area (Å²) in [6.07, 6.45) is 0.234. The molecule has 0 bridgehead atoms. The zero-order valence-electron chi connectivity index (χ0n) is 16.9. The lowest BCUT2D eigenvalue weighted by Gasteiger charge is -2.09. The van der Waals surface area contributed by atoms with Crippen LogP contribution in [0.4, 0.5) is 5.82 Å². The van der Waals surface area contributed by atoms with E-state index < -0.39 is 0 Å². The van der Waals surface area contributed by atoms with Gasteiger partial charge in [0.2, 0.25) is 11.9 Å². The molecule has 1 amide bonds. The number of aromatic amines is 1. The molecule has 0 fully saturated rings. The van der Waals surface area contributed by atoms with Crippen molar-refractivity contribution in [3.8, 4) is 16.5 Å². The Morgan fingerprint density at radius 3 is 2.70 bits per heavy atom. The molecule has 0 saturated heterocycles. The number of anilines is 1. The van der Waals surface area contributed by atoms with Crippen LogP contribution < -0.4 is 10.9 Å². The number of nitrogens with zero attached hydrogens (tertiary/aromatic N) is 3. The SMILES string of the molecule is Cc1cccc(CC(=O)Nc2cc(-c3cccs3)nn2-c2nc(C)c(C)c(=O)[nH]2)c1. The number of carbonyl (C=O) groups excluding carboxylic acids is 1. The van der Waals surface area contributed by atoms with Crippen LogP contribution in [0.25, 0.3) is 16.5 Å². The second kappa shape index (κ2) is 8.08. The minimum Gasteiger partial charge on any atom is -0.310 e. The Kier molecular flexibility index (Phi) is 5.33. The molecule has 0 saturated carbocycles. The third-order valence-electron chi connectivity index (χ3n) is 4.78. The number of hydrogen-bond donors (Lipinski definition) is 2. The van der Waals surface area contributed by atoms with Crippen LogP contribution in [0.5, 0.6) is 0 Å². The fourth-order valence-corrected chi connectivity index (χ4v) is 3.78. The number of hydrogen-bond acceptors (Lipinski definition) is 5. The zero-order valence-corrected chi connectivity index (χ0v) is 17.7. The normalized spacial score (nSPS) is 10.9. The van der Waals surface area contributed by atoms with Crippen molar-refractivity contribution < 1.29 is 4.79 Å². The molecule has 4 aromatic rings. The lowest BCUT2D eigenvalue weighted by molar-refractivity contribution is -0.115. The predicted molar refractivity (Wildman–Crippen MR) is 118 cm³/mol. The second-order valence-corrected chi connectivity index (χ2v) is 8.07. The number of benzene rings is 1. The first-order valence-corrected chi connectivity index (χ1v) is 10.4. The fraction of sp³-hybridized carbons (Fsp3) is 0.182. The van der Waals surface area contributed by atoms with Crippen LogP contribution in [0.3, 0.4) is 0 Å². The van der Waals surface area contributed by atoms with Gasteiger partial charge in [-0.05, 0) is 37.8 Å². The molecule has 30 heavy (non-hydrogen) atoms. The van der Waals surface area contributed by atoms with Crippen molar-refractivity contribution in [2.24, 2.45) is 0 Å². The van der Waals surface area contributed by atoms with Crippen LogP contribution in [0.2, 0.25) is 0 Å². The van der Waals surface area contributed by atoms with Gasteiger partial charge in [0, 0.05) is 17.3 Å². The topological polar surface area (TPSA) is 92.7 Å². The van der Waals surface area contributed by atoms with E-state index in [9.17, 15) is 9.59 Å². The van der Waals surface area contributed by atoms with Crippen LogP contribution >= 0.6 is 11.3 Å². The molecule has 4 rings (SSSR count). The van der Waals surface area contributed by atoms with Crippen LogP contribution in [0.15, 0.2) is 52.6 Å². The fourth-order valence-electron chi connectivity index (χ4n) is 3.10. The molecule has 152 valence electrons. The number of carbonyl (C=O) groups is 1. The zero-order chi connectivity index (χ0) is 21.3. The van der Waals surface area contributed by atoms with Gasteiger partial charge in [0.05, 0.1) is 11.3 Å². The first kappa shape index (κ1) is 19.8. The van der Waals surface area contributed by atoms with Gasteiger partial charge in [0.15, 0.2) is 0 Å². The Bertz CT molecular complexity index is 1270. The summed E-state index contributed by atoms with van der Waals surface area (Å²) in [6.45, 7) is 5.48. The molecular weight excluding hydrogens is 398 g/mol. The molecule has 0 atom stereocenters. The Labute approximate surface area is 177 Å². The van der Waals surface area contributed by atoms with Gasteiger partial charge in [-0.15, -0.1) is 11.3 Å². The third-order valence-corrected chi connectivity index (χ3v) is 5.67. The first-order valence-electron chi connectivity index (χ1n) is 9.48. The van der Waals surface area contributed by atoms with E-state index in [-0.39, 0.29) is 23.8 Å². The van der Waals surface area contributed by atoms with E-state index in [0.717, 1.165) is 16.0 Å². The highest BCUT2D eigenvalue weighted by Crippen LogP contribution is 2.27. The van der Waals surface area contributed by atoms with Crippen LogP contribution in [0.1, 0.15) is 22.4 Å². The molecular formula is C22H21N5O2S. The van der Waals surface area contributed by atoms with Crippen molar-refractivity contribution in [3.05, 3.63) is 80.6 Å². The lowest BCUT2D eigenvalue weighted by Crippen LogP contribution is -2.21. The average molecular weight is 420 g/mol. The average Bonchev–Trinajstić information content (AvgIpc) is 3.35. The molecule has 0 aliphatic carbocycles. The van der Waals surface area contributed by atoms with Gasteiger partial charge in [-0.25, -0.2) is 4.98 Å². The van der Waals surface area contributed by atoms with E-state index in [1.807, 2.05) is 48.7 Å². The number of H-pyrrole nitrogens is 1. The monoisotopic (exact) mass is 419 g/mol. The largest absolute Gasteiger partial charge is 0.310 e. The van der Waals surface area contributed by atoms with Crippen molar-refractivity contribution >= 4 is 23.1 Å². The summed E-state index contributed by atoms with van der Waals surface area (Å²) in [5.41, 5.74) is 3.64. The quantitative estimate of drug-likeness (QED) is 0.515. The highest BCUT2D eigenvalue weighted by atomic mass is 32.1. The summed E-state index contributed by atoms with van der Waals surface area (Å²) in [4.78, 5) is 33.1. The number of thiophene rings is 1. The molecule has 1 aromatic carbocycles. The first-order chi connectivity index (χ1) is 14.4. The van der Waals surface area contributed by atoms with Crippen molar-refractivity contribution in [2.75, 3.05) is 5.32 Å². The number of amides is 1. The Balaban J connectivity index is 1.71. The van der Waals surface area contributed by atoms with Crippen molar-refractivity contribution in [1.29, 1.82) is 0 Å². The number of aromatic nitrogens is 4. The smallest absolute Gasteiger partial charge is 0.255 e. The van der Waals surface area contributed by atoms with E-state index in [1.165, 1.54) is 4.68 Å². The Morgan fingerprint density at radius 2 is 2.00 bits per heavy atom. The van der Waals surface area contributed by atoms with Crippen molar-refractivity contribution in [2.45, 2.75) is 27.2 Å². The molecule has 0 aliphatic rings. The Morgan fingerprint density at radius 1 is 1.17 bits per heavy atom. The van der Waals surface area contributed by atoms with E-state index in [2.05, 4.69) is 20.4 Å². The van der Waals surface area contributed by atoms with E-state index in [4.69, 9.17) is 0 Å². The summed E-state index contributed by atoms with van der Waals surface area (Å²) < 4.78 is 1.47. The van der Waals surface area contributed by atoms with Gasteiger partial charge in [-0.3, -0.25) is 14.6 Å². The van der Waals surface area contributed by atoms with Crippen molar-refractivity contribution in [3.63, 3.8) is 0 Å². The van der Waals surface area contributed by atoms with Crippen LogP contribution in [-0.4, -0.2) is 25.7 Å². The molecule has 2 N–H and O–H groups in total. The molecule has 3 aromatic heterocycles. The maximum absolute atomic E-state index is 12.7. The molecule has 3 heterocycles. The molecule has 7 nitrogen and oxygen atoms in total. The molecule has 0 unspecified atom stereocenters. The standard InChI is InChI=1S/C22H21N5O2S/c1-13-6-4-7-16(10-13)11-20(28)24-19-12-17(18-8-5-9-30-18)26-27(19)22-23-15(3)14(2)21(29)25-22/h4-10,12H,11H2,1-3H3,(H,24,28)(H,23,25,29). The second-order valence-electron chi connectivity index (χ2n) is 7.12. The van der Waals surface area contributed by atoms with Crippen LogP contribution in [-0.2, 0) is 11.2 Å². The lowest BCUT2D eigenvalue weighted by atomic mass is 10.1. The highest BCUT2D eigenvalue weighted by molar-refractivity contribution is 7.13.